The summed E-state index contributed by atoms with van der Waals surface area (Å²) < 4.78 is 7.16. The van der Waals surface area contributed by atoms with Crippen LogP contribution in [0.2, 0.25) is 0 Å². The summed E-state index contributed by atoms with van der Waals surface area (Å²) in [5.74, 6) is 0.905. The summed E-state index contributed by atoms with van der Waals surface area (Å²) in [4.78, 5) is 16.7. The van der Waals surface area contributed by atoms with Crippen LogP contribution >= 0.6 is 15.9 Å². The molecular weight excluding hydrogens is 470 g/mol. The lowest BCUT2D eigenvalue weighted by Gasteiger charge is -2.34. The van der Waals surface area contributed by atoms with Crippen molar-refractivity contribution in [1.29, 1.82) is 5.26 Å². The molecule has 8 heteroatoms. The predicted molar refractivity (Wildman–Crippen MR) is 128 cm³/mol. The van der Waals surface area contributed by atoms with E-state index in [0.717, 1.165) is 55.8 Å². The molecule has 32 heavy (non-hydrogen) atoms. The van der Waals surface area contributed by atoms with Crippen molar-refractivity contribution in [3.63, 3.8) is 0 Å². The zero-order chi connectivity index (χ0) is 22.3. The molecule has 0 saturated carbocycles. The first-order chi connectivity index (χ1) is 15.6. The molecule has 0 bridgehead atoms. The fraction of sp³-hybridized carbons (Fsp3) is 0.417. The molecule has 0 unspecified atom stereocenters. The molecule has 0 atom stereocenters. The third kappa shape index (κ3) is 6.00. The summed E-state index contributed by atoms with van der Waals surface area (Å²) in [6, 6.07) is 15.3. The topological polar surface area (TPSA) is 80.6 Å². The Hall–Kier alpha value is -2.60. The van der Waals surface area contributed by atoms with Crippen LogP contribution in [-0.4, -0.2) is 61.2 Å². The Morgan fingerprint density at radius 1 is 1.16 bits per heavy atom. The van der Waals surface area contributed by atoms with E-state index in [1.165, 1.54) is 5.56 Å². The number of nitriles is 1. The van der Waals surface area contributed by atoms with Gasteiger partial charge in [0.05, 0.1) is 16.1 Å². The molecule has 2 heterocycles. The number of anilines is 1. The van der Waals surface area contributed by atoms with Crippen LogP contribution in [0, 0.1) is 11.3 Å². The first-order valence-electron chi connectivity index (χ1n) is 11.0. The third-order valence-corrected chi connectivity index (χ3v) is 6.50. The van der Waals surface area contributed by atoms with Crippen LogP contribution in [-0.2, 0) is 6.54 Å². The molecule has 0 aliphatic carbocycles. The molecule has 0 spiro atoms. The fourth-order valence-corrected chi connectivity index (χ4v) is 4.59. The van der Waals surface area contributed by atoms with E-state index in [9.17, 15) is 4.79 Å². The summed E-state index contributed by atoms with van der Waals surface area (Å²) in [5.41, 5.74) is 2.40. The van der Waals surface area contributed by atoms with Crippen molar-refractivity contribution >= 4 is 27.6 Å². The van der Waals surface area contributed by atoms with Gasteiger partial charge in [-0.2, -0.15) is 5.26 Å². The van der Waals surface area contributed by atoms with Crippen LogP contribution in [0.15, 0.2) is 46.9 Å². The van der Waals surface area contributed by atoms with E-state index in [4.69, 9.17) is 10.00 Å². The van der Waals surface area contributed by atoms with Gasteiger partial charge in [0.25, 0.3) is 0 Å². The molecule has 0 radical (unpaired) electrons. The minimum Gasteiger partial charge on any atom is -0.489 e. The summed E-state index contributed by atoms with van der Waals surface area (Å²) in [6.07, 6.45) is 2.35. The summed E-state index contributed by atoms with van der Waals surface area (Å²) >= 11 is 3.67. The van der Waals surface area contributed by atoms with Crippen molar-refractivity contribution in [2.24, 2.45) is 0 Å². The van der Waals surface area contributed by atoms with Crippen LogP contribution in [0.1, 0.15) is 24.0 Å². The number of nitrogens with zero attached hydrogens (tertiary/aromatic N) is 3. The number of hydrogen-bond acceptors (Lipinski definition) is 5. The normalized spacial score (nSPS) is 17.6. The van der Waals surface area contributed by atoms with E-state index in [1.807, 2.05) is 4.90 Å². The Morgan fingerprint density at radius 2 is 1.94 bits per heavy atom. The van der Waals surface area contributed by atoms with Crippen molar-refractivity contribution in [2.45, 2.75) is 25.5 Å². The van der Waals surface area contributed by atoms with Crippen LogP contribution in [0.4, 0.5) is 10.5 Å². The highest BCUT2D eigenvalue weighted by atomic mass is 79.9. The second-order valence-corrected chi connectivity index (χ2v) is 9.07. The number of rotatable bonds is 5. The van der Waals surface area contributed by atoms with Crippen molar-refractivity contribution in [2.75, 3.05) is 44.6 Å². The van der Waals surface area contributed by atoms with Gasteiger partial charge in [-0.1, -0.05) is 12.1 Å². The van der Waals surface area contributed by atoms with E-state index in [0.29, 0.717) is 24.3 Å². The number of benzene rings is 2. The standard InChI is InChI=1S/C24H28BrN5O2/c25-22-15-19(4-5-23(22)32-21-6-8-27-9-7-21)17-29-10-12-30(13-11-29)24(31)28-20-3-1-2-18(14-20)16-26/h1-5,14-15,21,27H,6-13,17H2,(H,28,31). The zero-order valence-electron chi connectivity index (χ0n) is 18.0. The van der Waals surface area contributed by atoms with Crippen LogP contribution in [0.5, 0.6) is 5.75 Å². The van der Waals surface area contributed by atoms with E-state index in [2.05, 4.69) is 55.7 Å². The Labute approximate surface area is 197 Å². The first kappa shape index (κ1) is 22.6. The van der Waals surface area contributed by atoms with E-state index in [1.54, 1.807) is 24.3 Å². The minimum atomic E-state index is -0.123. The van der Waals surface area contributed by atoms with Crippen LogP contribution in [0.25, 0.3) is 0 Å². The first-order valence-corrected chi connectivity index (χ1v) is 11.8. The molecular formula is C24H28BrN5O2. The number of ether oxygens (including phenoxy) is 1. The van der Waals surface area contributed by atoms with Gasteiger partial charge in [0.2, 0.25) is 0 Å². The zero-order valence-corrected chi connectivity index (χ0v) is 19.6. The smallest absolute Gasteiger partial charge is 0.321 e. The molecule has 4 rings (SSSR count). The average molecular weight is 498 g/mol. The highest BCUT2D eigenvalue weighted by molar-refractivity contribution is 9.10. The van der Waals surface area contributed by atoms with Gasteiger partial charge in [-0.05, 0) is 77.8 Å². The molecule has 2 aromatic carbocycles. The number of carbonyl (C=O) groups is 1. The van der Waals surface area contributed by atoms with Crippen molar-refractivity contribution < 1.29 is 9.53 Å². The van der Waals surface area contributed by atoms with Gasteiger partial charge in [0.1, 0.15) is 11.9 Å². The second-order valence-electron chi connectivity index (χ2n) is 8.22. The lowest BCUT2D eigenvalue weighted by atomic mass is 10.1. The molecule has 2 aromatic rings. The molecule has 2 N–H and O–H groups in total. The van der Waals surface area contributed by atoms with Crippen LogP contribution < -0.4 is 15.4 Å². The maximum Gasteiger partial charge on any atom is 0.321 e. The average Bonchev–Trinajstić information content (AvgIpc) is 2.82. The highest BCUT2D eigenvalue weighted by Crippen LogP contribution is 2.29. The molecule has 2 aliphatic heterocycles. The second kappa shape index (κ2) is 10.8. The summed E-state index contributed by atoms with van der Waals surface area (Å²) in [7, 11) is 0. The quantitative estimate of drug-likeness (QED) is 0.656. The van der Waals surface area contributed by atoms with Gasteiger partial charge in [0.15, 0.2) is 0 Å². The SMILES string of the molecule is N#Cc1cccc(NC(=O)N2CCN(Cc3ccc(OC4CCNCC4)c(Br)c3)CC2)c1. The van der Waals surface area contributed by atoms with Gasteiger partial charge in [-0.3, -0.25) is 4.90 Å². The summed E-state index contributed by atoms with van der Waals surface area (Å²) in [5, 5.41) is 15.3. The molecule has 2 fully saturated rings. The number of halogens is 1. The number of piperazine rings is 1. The number of amides is 2. The van der Waals surface area contributed by atoms with E-state index in [-0.39, 0.29) is 12.1 Å². The molecule has 0 aromatic heterocycles. The third-order valence-electron chi connectivity index (χ3n) is 5.88. The highest BCUT2D eigenvalue weighted by Gasteiger charge is 2.22. The lowest BCUT2D eigenvalue weighted by molar-refractivity contribution is 0.142. The lowest BCUT2D eigenvalue weighted by Crippen LogP contribution is -2.49. The van der Waals surface area contributed by atoms with Gasteiger partial charge >= 0.3 is 6.03 Å². The predicted octanol–water partition coefficient (Wildman–Crippen LogP) is 3.80. The molecule has 2 saturated heterocycles. The molecule has 2 amide bonds. The number of urea groups is 1. The number of piperidine rings is 1. The van der Waals surface area contributed by atoms with E-state index < -0.39 is 0 Å². The largest absolute Gasteiger partial charge is 0.489 e. The maximum atomic E-state index is 12.6. The minimum absolute atomic E-state index is 0.123. The summed E-state index contributed by atoms with van der Waals surface area (Å²) in [6.45, 7) is 5.83. The molecule has 2 aliphatic rings. The fourth-order valence-electron chi connectivity index (χ4n) is 4.07. The monoisotopic (exact) mass is 497 g/mol. The van der Waals surface area contributed by atoms with E-state index >= 15 is 0 Å². The van der Waals surface area contributed by atoms with Gasteiger partial charge in [0, 0.05) is 38.4 Å². The van der Waals surface area contributed by atoms with Gasteiger partial charge in [-0.25, -0.2) is 4.79 Å². The van der Waals surface area contributed by atoms with Gasteiger partial charge < -0.3 is 20.3 Å². The Balaban J connectivity index is 1.26. The Bertz CT molecular complexity index is 979. The number of nitrogens with one attached hydrogen (secondary N) is 2. The van der Waals surface area contributed by atoms with Crippen molar-refractivity contribution in [3.05, 3.63) is 58.1 Å². The number of carbonyl (C=O) groups excluding carboxylic acids is 1. The maximum absolute atomic E-state index is 12.6. The Morgan fingerprint density at radius 3 is 2.66 bits per heavy atom. The Kier molecular flexibility index (Phi) is 7.63. The van der Waals surface area contributed by atoms with Gasteiger partial charge in [-0.15, -0.1) is 0 Å². The molecule has 7 nitrogen and oxygen atoms in total. The van der Waals surface area contributed by atoms with Crippen molar-refractivity contribution in [3.8, 4) is 11.8 Å². The number of hydrogen-bond donors (Lipinski definition) is 2. The van der Waals surface area contributed by atoms with Crippen molar-refractivity contribution in [1.82, 2.24) is 15.1 Å². The molecule has 168 valence electrons. The van der Waals surface area contributed by atoms with Crippen LogP contribution in [0.3, 0.4) is 0 Å².